The lowest BCUT2D eigenvalue weighted by Gasteiger charge is -2.07. The largest absolute Gasteiger partial charge is 0.508 e. The molecule has 0 amide bonds. The second-order valence-corrected chi connectivity index (χ2v) is 2.80. The molecule has 0 saturated heterocycles. The molecule has 0 spiro atoms. The fraction of sp³-hybridized carbons (Fsp3) is 0.667. The zero-order valence-corrected chi connectivity index (χ0v) is 8.08. The first-order chi connectivity index (χ1) is 6.06. The lowest BCUT2D eigenvalue weighted by Crippen LogP contribution is -2.16. The van der Waals surface area contributed by atoms with Gasteiger partial charge in [-0.2, -0.15) is 0 Å². The van der Waals surface area contributed by atoms with Crippen molar-refractivity contribution in [2.24, 2.45) is 0 Å². The Bertz CT molecular complexity index is 174. The van der Waals surface area contributed by atoms with Gasteiger partial charge in [0.2, 0.25) is 0 Å². The molecule has 1 N–H and O–H groups in total. The van der Waals surface area contributed by atoms with Gasteiger partial charge in [-0.15, -0.1) is 0 Å². The van der Waals surface area contributed by atoms with E-state index in [1.54, 1.807) is 0 Å². The molecule has 0 saturated carbocycles. The molecule has 0 heterocycles. The molecule has 4 heteroatoms. The van der Waals surface area contributed by atoms with Gasteiger partial charge in [-0.25, -0.2) is 4.79 Å². The average Bonchev–Trinajstić information content (AvgIpc) is 2.10. The zero-order chi connectivity index (χ0) is 10.3. The number of hydrogen-bond donors (Lipinski definition) is 1. The molecule has 13 heavy (non-hydrogen) atoms. The third kappa shape index (κ3) is 7.33. The van der Waals surface area contributed by atoms with Crippen LogP contribution in [-0.2, 0) is 9.47 Å². The molecule has 1 unspecified atom stereocenters. The highest BCUT2D eigenvalue weighted by atomic mass is 16.7. The Morgan fingerprint density at radius 1 is 1.54 bits per heavy atom. The van der Waals surface area contributed by atoms with E-state index in [2.05, 4.69) is 16.1 Å². The molecule has 0 fully saturated rings. The van der Waals surface area contributed by atoms with E-state index in [1.165, 1.54) is 6.92 Å². The minimum absolute atomic E-state index is 0.0442. The Balaban J connectivity index is 3.46. The standard InChI is InChI=1S/C9H16O4/c1-4-7(2)5-12-9(11)13-6-8(3)10/h8,10H,2,4-6H2,1,3H3. The Hall–Kier alpha value is -1.03. The van der Waals surface area contributed by atoms with Gasteiger partial charge >= 0.3 is 6.16 Å². The monoisotopic (exact) mass is 188 g/mol. The van der Waals surface area contributed by atoms with Crippen LogP contribution in [0.1, 0.15) is 20.3 Å². The van der Waals surface area contributed by atoms with Gasteiger partial charge in [-0.3, -0.25) is 0 Å². The fourth-order valence-electron chi connectivity index (χ4n) is 0.493. The molecule has 0 aliphatic heterocycles. The summed E-state index contributed by atoms with van der Waals surface area (Å²) in [5, 5.41) is 8.77. The van der Waals surface area contributed by atoms with Crippen LogP contribution in [-0.4, -0.2) is 30.6 Å². The van der Waals surface area contributed by atoms with E-state index in [-0.39, 0.29) is 13.2 Å². The van der Waals surface area contributed by atoms with Crippen LogP contribution in [0.2, 0.25) is 0 Å². The summed E-state index contributed by atoms with van der Waals surface area (Å²) in [6.07, 6.45) is -0.665. The van der Waals surface area contributed by atoms with Crippen LogP contribution < -0.4 is 0 Å². The number of carbonyl (C=O) groups is 1. The van der Waals surface area contributed by atoms with E-state index >= 15 is 0 Å². The van der Waals surface area contributed by atoms with Crippen molar-refractivity contribution in [3.8, 4) is 0 Å². The number of carbonyl (C=O) groups excluding carboxylic acids is 1. The highest BCUT2D eigenvalue weighted by molar-refractivity contribution is 5.60. The van der Waals surface area contributed by atoms with Crippen LogP contribution in [0, 0.1) is 0 Å². The average molecular weight is 188 g/mol. The van der Waals surface area contributed by atoms with Crippen molar-refractivity contribution < 1.29 is 19.4 Å². The van der Waals surface area contributed by atoms with Gasteiger partial charge in [0.15, 0.2) is 0 Å². The van der Waals surface area contributed by atoms with Gasteiger partial charge in [0.1, 0.15) is 13.2 Å². The van der Waals surface area contributed by atoms with Gasteiger partial charge in [-0.1, -0.05) is 13.5 Å². The molecule has 0 aliphatic rings. The second kappa shape index (κ2) is 6.48. The zero-order valence-electron chi connectivity index (χ0n) is 8.08. The van der Waals surface area contributed by atoms with Gasteiger partial charge < -0.3 is 14.6 Å². The van der Waals surface area contributed by atoms with Crippen LogP contribution in [0.25, 0.3) is 0 Å². The highest BCUT2D eigenvalue weighted by Gasteiger charge is 2.05. The number of hydrogen-bond acceptors (Lipinski definition) is 4. The SMILES string of the molecule is C=C(CC)COC(=O)OCC(C)O. The van der Waals surface area contributed by atoms with Crippen LogP contribution in [0.15, 0.2) is 12.2 Å². The molecule has 0 aromatic carbocycles. The molecule has 0 radical (unpaired) electrons. The summed E-state index contributed by atoms with van der Waals surface area (Å²) in [7, 11) is 0. The molecule has 0 aliphatic carbocycles. The van der Waals surface area contributed by atoms with E-state index in [0.29, 0.717) is 0 Å². The first-order valence-electron chi connectivity index (χ1n) is 4.20. The molecule has 76 valence electrons. The first kappa shape index (κ1) is 12.0. The summed E-state index contributed by atoms with van der Waals surface area (Å²) < 4.78 is 9.22. The molecule has 0 aromatic heterocycles. The van der Waals surface area contributed by atoms with Crippen molar-refractivity contribution in [3.05, 3.63) is 12.2 Å². The van der Waals surface area contributed by atoms with Crippen molar-refractivity contribution in [1.29, 1.82) is 0 Å². The number of ether oxygens (including phenoxy) is 2. The normalized spacial score (nSPS) is 11.9. The topological polar surface area (TPSA) is 55.8 Å². The van der Waals surface area contributed by atoms with E-state index < -0.39 is 12.3 Å². The van der Waals surface area contributed by atoms with Crippen molar-refractivity contribution in [1.82, 2.24) is 0 Å². The van der Waals surface area contributed by atoms with Crippen molar-refractivity contribution >= 4 is 6.16 Å². The maximum absolute atomic E-state index is 10.8. The van der Waals surface area contributed by atoms with Crippen LogP contribution >= 0.6 is 0 Å². The Morgan fingerprint density at radius 3 is 2.62 bits per heavy atom. The number of aliphatic hydroxyl groups is 1. The second-order valence-electron chi connectivity index (χ2n) is 2.80. The van der Waals surface area contributed by atoms with Gasteiger partial charge in [0, 0.05) is 0 Å². The van der Waals surface area contributed by atoms with Gasteiger partial charge in [-0.05, 0) is 18.9 Å². The third-order valence-corrected chi connectivity index (χ3v) is 1.34. The van der Waals surface area contributed by atoms with E-state index in [0.717, 1.165) is 12.0 Å². The minimum atomic E-state index is -0.768. The Kier molecular flexibility index (Phi) is 5.97. The van der Waals surface area contributed by atoms with Crippen molar-refractivity contribution in [2.45, 2.75) is 26.4 Å². The van der Waals surface area contributed by atoms with Gasteiger partial charge in [0.05, 0.1) is 6.10 Å². The number of rotatable bonds is 5. The van der Waals surface area contributed by atoms with Crippen molar-refractivity contribution in [2.75, 3.05) is 13.2 Å². The molecule has 0 aromatic rings. The molecule has 4 nitrogen and oxygen atoms in total. The van der Waals surface area contributed by atoms with E-state index in [1.807, 2.05) is 6.92 Å². The summed E-state index contributed by atoms with van der Waals surface area (Å²) >= 11 is 0. The molecular formula is C9H16O4. The maximum atomic E-state index is 10.8. The van der Waals surface area contributed by atoms with Crippen LogP contribution in [0.5, 0.6) is 0 Å². The maximum Gasteiger partial charge on any atom is 0.508 e. The predicted molar refractivity (Wildman–Crippen MR) is 48.4 cm³/mol. The first-order valence-corrected chi connectivity index (χ1v) is 4.20. The summed E-state index contributed by atoms with van der Waals surface area (Å²) in [6, 6.07) is 0. The quantitative estimate of drug-likeness (QED) is 0.524. The molecule has 0 rings (SSSR count). The summed E-state index contributed by atoms with van der Waals surface area (Å²) in [5.41, 5.74) is 0.828. The smallest absolute Gasteiger partial charge is 0.432 e. The fourth-order valence-corrected chi connectivity index (χ4v) is 0.493. The lowest BCUT2D eigenvalue weighted by molar-refractivity contribution is 0.0278. The molecule has 0 bridgehead atoms. The lowest BCUT2D eigenvalue weighted by atomic mass is 10.3. The van der Waals surface area contributed by atoms with Crippen molar-refractivity contribution in [3.63, 3.8) is 0 Å². The third-order valence-electron chi connectivity index (χ3n) is 1.34. The minimum Gasteiger partial charge on any atom is -0.432 e. The number of aliphatic hydroxyl groups excluding tert-OH is 1. The highest BCUT2D eigenvalue weighted by Crippen LogP contribution is 1.98. The van der Waals surface area contributed by atoms with Gasteiger partial charge in [0.25, 0.3) is 0 Å². The molecular weight excluding hydrogens is 172 g/mol. The van der Waals surface area contributed by atoms with Crippen LogP contribution in [0.4, 0.5) is 4.79 Å². The Morgan fingerprint density at radius 2 is 2.15 bits per heavy atom. The summed E-state index contributed by atoms with van der Waals surface area (Å²) in [5.74, 6) is 0. The predicted octanol–water partition coefficient (Wildman–Crippen LogP) is 1.49. The molecule has 1 atom stereocenters. The van der Waals surface area contributed by atoms with E-state index in [4.69, 9.17) is 5.11 Å². The summed E-state index contributed by atoms with van der Waals surface area (Å²) in [4.78, 5) is 10.8. The van der Waals surface area contributed by atoms with E-state index in [9.17, 15) is 4.79 Å². The Labute approximate surface area is 78.2 Å². The van der Waals surface area contributed by atoms with Crippen LogP contribution in [0.3, 0.4) is 0 Å². The summed E-state index contributed by atoms with van der Waals surface area (Å²) in [6.45, 7) is 7.24.